The van der Waals surface area contributed by atoms with Crippen molar-refractivity contribution in [2.24, 2.45) is 11.8 Å². The van der Waals surface area contributed by atoms with Crippen molar-refractivity contribution in [2.75, 3.05) is 30.5 Å². The average molecular weight is 302 g/mol. The summed E-state index contributed by atoms with van der Waals surface area (Å²) in [6.45, 7) is 2.64. The van der Waals surface area contributed by atoms with Crippen LogP contribution in [0.3, 0.4) is 0 Å². The van der Waals surface area contributed by atoms with E-state index in [1.807, 2.05) is 0 Å². The van der Waals surface area contributed by atoms with Gasteiger partial charge in [0.05, 0.1) is 0 Å². The molecule has 0 aromatic carbocycles. The Labute approximate surface area is 108 Å². The van der Waals surface area contributed by atoms with E-state index in [-0.39, 0.29) is 0 Å². The molecule has 4 N–H and O–H groups in total. The van der Waals surface area contributed by atoms with Gasteiger partial charge >= 0.3 is 0 Å². The Morgan fingerprint density at radius 2 is 2.29 bits per heavy atom. The van der Waals surface area contributed by atoms with E-state index >= 15 is 0 Å². The molecule has 1 aliphatic heterocycles. The minimum atomic E-state index is 0.576. The molecule has 0 amide bonds. The first kappa shape index (κ1) is 12.5. The highest BCUT2D eigenvalue weighted by Crippen LogP contribution is 2.26. The van der Waals surface area contributed by atoms with Gasteiger partial charge in [0.15, 0.2) is 5.82 Å². The molecule has 1 saturated heterocycles. The summed E-state index contributed by atoms with van der Waals surface area (Å²) in [6.07, 6.45) is 3.71. The lowest BCUT2D eigenvalue weighted by Crippen LogP contribution is -2.13. The smallest absolute Gasteiger partial charge is 0.159 e. The quantitative estimate of drug-likeness (QED) is 0.562. The van der Waals surface area contributed by atoms with Crippen LogP contribution in [-0.4, -0.2) is 29.7 Å². The maximum atomic E-state index is 5.33. The third kappa shape index (κ3) is 3.27. The van der Waals surface area contributed by atoms with E-state index in [0.29, 0.717) is 11.7 Å². The molecule has 0 radical (unpaired) electrons. The number of ether oxygens (including phenoxy) is 1. The molecule has 0 aliphatic carbocycles. The van der Waals surface area contributed by atoms with E-state index in [2.05, 4.69) is 36.6 Å². The van der Waals surface area contributed by atoms with Gasteiger partial charge in [-0.1, -0.05) is 0 Å². The van der Waals surface area contributed by atoms with Gasteiger partial charge in [0.25, 0.3) is 0 Å². The zero-order chi connectivity index (χ0) is 12.1. The molecule has 2 heterocycles. The Balaban J connectivity index is 1.85. The fourth-order valence-electron chi connectivity index (χ4n) is 1.80. The third-order valence-electron chi connectivity index (χ3n) is 2.80. The van der Waals surface area contributed by atoms with Crippen LogP contribution in [0.1, 0.15) is 12.8 Å². The lowest BCUT2D eigenvalue weighted by atomic mass is 10.1. The van der Waals surface area contributed by atoms with Crippen molar-refractivity contribution in [3.05, 3.63) is 10.8 Å². The first-order chi connectivity index (χ1) is 8.31. The number of hydrazine groups is 1. The molecule has 1 aromatic heterocycles. The second-order valence-corrected chi connectivity index (χ2v) is 4.77. The molecule has 1 fully saturated rings. The SMILES string of the molecule is NNc1ncnc(NCCC2CCOC2)c1Br. The van der Waals surface area contributed by atoms with Gasteiger partial charge < -0.3 is 15.5 Å². The number of halogens is 1. The van der Waals surface area contributed by atoms with Gasteiger partial charge in [-0.05, 0) is 34.7 Å². The number of nitrogens with one attached hydrogen (secondary N) is 2. The molecule has 17 heavy (non-hydrogen) atoms. The fraction of sp³-hybridized carbons (Fsp3) is 0.600. The van der Waals surface area contributed by atoms with E-state index in [0.717, 1.165) is 42.9 Å². The topological polar surface area (TPSA) is 85.1 Å². The van der Waals surface area contributed by atoms with E-state index < -0.39 is 0 Å². The minimum absolute atomic E-state index is 0.576. The first-order valence-corrected chi connectivity index (χ1v) is 6.39. The zero-order valence-electron chi connectivity index (χ0n) is 9.45. The molecule has 1 aliphatic rings. The van der Waals surface area contributed by atoms with Crippen LogP contribution in [0.4, 0.5) is 11.6 Å². The Kier molecular flexibility index (Phi) is 4.52. The number of aromatic nitrogens is 2. The first-order valence-electron chi connectivity index (χ1n) is 5.60. The molecule has 6 nitrogen and oxygen atoms in total. The number of hydrogen-bond acceptors (Lipinski definition) is 6. The van der Waals surface area contributed by atoms with Gasteiger partial charge in [-0.2, -0.15) is 0 Å². The summed E-state index contributed by atoms with van der Waals surface area (Å²) in [4.78, 5) is 8.14. The largest absolute Gasteiger partial charge is 0.381 e. The predicted octanol–water partition coefficient (Wildman–Crippen LogP) is 1.36. The Morgan fingerprint density at radius 1 is 1.47 bits per heavy atom. The minimum Gasteiger partial charge on any atom is -0.381 e. The van der Waals surface area contributed by atoms with Gasteiger partial charge in [0, 0.05) is 19.8 Å². The molecular weight excluding hydrogens is 286 g/mol. The molecule has 2 rings (SSSR count). The third-order valence-corrected chi connectivity index (χ3v) is 3.55. The second kappa shape index (κ2) is 6.13. The lowest BCUT2D eigenvalue weighted by Gasteiger charge is -2.11. The van der Waals surface area contributed by atoms with Gasteiger partial charge in [-0.25, -0.2) is 15.8 Å². The number of nitrogens with zero attached hydrogens (tertiary/aromatic N) is 2. The van der Waals surface area contributed by atoms with Crippen LogP contribution in [0.2, 0.25) is 0 Å². The van der Waals surface area contributed by atoms with Crippen LogP contribution in [-0.2, 0) is 4.74 Å². The van der Waals surface area contributed by atoms with Crippen LogP contribution < -0.4 is 16.6 Å². The molecule has 1 unspecified atom stereocenters. The Morgan fingerprint density at radius 3 is 3.00 bits per heavy atom. The Hall–Kier alpha value is -0.920. The fourth-order valence-corrected chi connectivity index (χ4v) is 2.26. The van der Waals surface area contributed by atoms with Crippen molar-refractivity contribution in [1.82, 2.24) is 9.97 Å². The highest BCUT2D eigenvalue weighted by atomic mass is 79.9. The van der Waals surface area contributed by atoms with Crippen molar-refractivity contribution in [3.8, 4) is 0 Å². The standard InChI is InChI=1S/C10H16BrN5O/c11-8-9(14-6-15-10(8)16-12)13-3-1-7-2-4-17-5-7/h6-7H,1-5,12H2,(H2,13,14,15,16). The van der Waals surface area contributed by atoms with Gasteiger partial charge in [-0.3, -0.25) is 0 Å². The molecule has 0 saturated carbocycles. The number of hydrogen-bond donors (Lipinski definition) is 3. The maximum absolute atomic E-state index is 5.33. The molecule has 1 aromatic rings. The van der Waals surface area contributed by atoms with Crippen LogP contribution in [0.25, 0.3) is 0 Å². The highest BCUT2D eigenvalue weighted by Gasteiger charge is 2.15. The van der Waals surface area contributed by atoms with Crippen molar-refractivity contribution >= 4 is 27.6 Å². The Bertz CT molecular complexity index is 370. The van der Waals surface area contributed by atoms with E-state index in [1.165, 1.54) is 6.33 Å². The summed E-state index contributed by atoms with van der Waals surface area (Å²) in [6, 6.07) is 0. The van der Waals surface area contributed by atoms with Crippen molar-refractivity contribution in [1.29, 1.82) is 0 Å². The summed E-state index contributed by atoms with van der Waals surface area (Å²) < 4.78 is 6.09. The summed E-state index contributed by atoms with van der Waals surface area (Å²) in [5.74, 6) is 7.33. The number of rotatable bonds is 5. The van der Waals surface area contributed by atoms with Crippen LogP contribution in [0.15, 0.2) is 10.8 Å². The molecule has 1 atom stereocenters. The monoisotopic (exact) mass is 301 g/mol. The number of nitrogen functional groups attached to an aromatic ring is 1. The van der Waals surface area contributed by atoms with Crippen molar-refractivity contribution in [3.63, 3.8) is 0 Å². The summed E-state index contributed by atoms with van der Waals surface area (Å²) in [5.41, 5.74) is 2.51. The van der Waals surface area contributed by atoms with Gasteiger partial charge in [0.1, 0.15) is 16.6 Å². The van der Waals surface area contributed by atoms with E-state index in [9.17, 15) is 0 Å². The number of nitrogens with two attached hydrogens (primary N) is 1. The maximum Gasteiger partial charge on any atom is 0.159 e. The zero-order valence-corrected chi connectivity index (χ0v) is 11.0. The lowest BCUT2D eigenvalue weighted by molar-refractivity contribution is 0.185. The molecule has 94 valence electrons. The van der Waals surface area contributed by atoms with Crippen LogP contribution >= 0.6 is 15.9 Å². The van der Waals surface area contributed by atoms with Crippen molar-refractivity contribution in [2.45, 2.75) is 12.8 Å². The molecule has 0 bridgehead atoms. The van der Waals surface area contributed by atoms with E-state index in [1.54, 1.807) is 0 Å². The van der Waals surface area contributed by atoms with Crippen molar-refractivity contribution < 1.29 is 4.74 Å². The summed E-state index contributed by atoms with van der Waals surface area (Å²) in [7, 11) is 0. The molecular formula is C10H16BrN5O. The van der Waals surface area contributed by atoms with Gasteiger partial charge in [0.2, 0.25) is 0 Å². The summed E-state index contributed by atoms with van der Waals surface area (Å²) in [5, 5.41) is 3.27. The highest BCUT2D eigenvalue weighted by molar-refractivity contribution is 9.10. The van der Waals surface area contributed by atoms with Crippen LogP contribution in [0.5, 0.6) is 0 Å². The van der Waals surface area contributed by atoms with E-state index in [4.69, 9.17) is 10.6 Å². The normalized spacial score (nSPS) is 19.3. The summed E-state index contributed by atoms with van der Waals surface area (Å²) >= 11 is 3.40. The second-order valence-electron chi connectivity index (χ2n) is 3.97. The predicted molar refractivity (Wildman–Crippen MR) is 69.6 cm³/mol. The molecule has 7 heteroatoms. The number of anilines is 2. The van der Waals surface area contributed by atoms with Gasteiger partial charge in [-0.15, -0.1) is 0 Å². The average Bonchev–Trinajstić information content (AvgIpc) is 2.84. The van der Waals surface area contributed by atoms with Crippen LogP contribution in [0, 0.1) is 5.92 Å². The molecule has 0 spiro atoms.